The van der Waals surface area contributed by atoms with Crippen molar-refractivity contribution in [1.82, 2.24) is 0 Å². The molecule has 0 bridgehead atoms. The number of rotatable bonds is 6. The zero-order valence-electron chi connectivity index (χ0n) is 20.4. The SMILES string of the molecule is Cc1ccc(C)c(N2C(=O)c3ccc(C(=O)OCC(=O)c4ccc(-c5ccccc5)cc4)cc3C2=O)c1. The van der Waals surface area contributed by atoms with Gasteiger partial charge in [-0.15, -0.1) is 0 Å². The number of ether oxygens (including phenoxy) is 1. The molecule has 0 aliphatic carbocycles. The predicted octanol–water partition coefficient (Wildman–Crippen LogP) is 5.81. The Morgan fingerprint density at radius 3 is 2.08 bits per heavy atom. The van der Waals surface area contributed by atoms with Crippen LogP contribution in [0.25, 0.3) is 11.1 Å². The fraction of sp³-hybridized carbons (Fsp3) is 0.0968. The van der Waals surface area contributed by atoms with Gasteiger partial charge in [-0.25, -0.2) is 9.69 Å². The van der Waals surface area contributed by atoms with Gasteiger partial charge in [0, 0.05) is 5.56 Å². The van der Waals surface area contributed by atoms with E-state index in [1.165, 1.54) is 18.2 Å². The summed E-state index contributed by atoms with van der Waals surface area (Å²) in [5.74, 6) is -2.04. The molecule has 2 amide bonds. The normalized spacial score (nSPS) is 12.4. The van der Waals surface area contributed by atoms with Crippen molar-refractivity contribution in [1.29, 1.82) is 0 Å². The molecule has 1 heterocycles. The Bertz CT molecular complexity index is 1550. The third-order valence-electron chi connectivity index (χ3n) is 6.38. The second-order valence-electron chi connectivity index (χ2n) is 8.94. The van der Waals surface area contributed by atoms with Crippen molar-refractivity contribution in [2.75, 3.05) is 11.5 Å². The van der Waals surface area contributed by atoms with E-state index < -0.39 is 24.4 Å². The van der Waals surface area contributed by atoms with Crippen molar-refractivity contribution in [3.05, 3.63) is 124 Å². The summed E-state index contributed by atoms with van der Waals surface area (Å²) >= 11 is 0. The molecule has 0 radical (unpaired) electrons. The molecule has 1 aliphatic rings. The molecule has 0 fully saturated rings. The van der Waals surface area contributed by atoms with Crippen LogP contribution in [0.4, 0.5) is 5.69 Å². The summed E-state index contributed by atoms with van der Waals surface area (Å²) in [6, 6.07) is 26.6. The minimum Gasteiger partial charge on any atom is -0.454 e. The number of imide groups is 1. The number of carbonyl (C=O) groups is 4. The number of esters is 1. The molecule has 37 heavy (non-hydrogen) atoms. The molecular weight excluding hydrogens is 466 g/mol. The van der Waals surface area contributed by atoms with E-state index in [-0.39, 0.29) is 22.5 Å². The van der Waals surface area contributed by atoms with E-state index in [0.717, 1.165) is 27.2 Å². The van der Waals surface area contributed by atoms with E-state index in [1.54, 1.807) is 18.2 Å². The van der Waals surface area contributed by atoms with E-state index in [9.17, 15) is 19.2 Å². The maximum atomic E-state index is 13.1. The molecule has 0 saturated carbocycles. The number of Topliss-reactive ketones (excluding diaryl/α,β-unsaturated/α-hetero) is 1. The molecule has 4 aromatic rings. The lowest BCUT2D eigenvalue weighted by atomic mass is 10.0. The Labute approximate surface area is 214 Å². The Balaban J connectivity index is 1.28. The number of benzene rings is 4. The van der Waals surface area contributed by atoms with Gasteiger partial charge >= 0.3 is 5.97 Å². The summed E-state index contributed by atoms with van der Waals surface area (Å²) in [5, 5.41) is 0. The molecule has 4 aromatic carbocycles. The predicted molar refractivity (Wildman–Crippen MR) is 140 cm³/mol. The van der Waals surface area contributed by atoms with Crippen molar-refractivity contribution in [3.8, 4) is 11.1 Å². The van der Waals surface area contributed by atoms with E-state index >= 15 is 0 Å². The van der Waals surface area contributed by atoms with Crippen LogP contribution in [0.3, 0.4) is 0 Å². The minimum absolute atomic E-state index is 0.0925. The lowest BCUT2D eigenvalue weighted by Gasteiger charge is -2.17. The molecule has 0 unspecified atom stereocenters. The van der Waals surface area contributed by atoms with Gasteiger partial charge < -0.3 is 4.74 Å². The van der Waals surface area contributed by atoms with Gasteiger partial charge in [-0.3, -0.25) is 14.4 Å². The van der Waals surface area contributed by atoms with Crippen molar-refractivity contribution < 1.29 is 23.9 Å². The van der Waals surface area contributed by atoms with Crippen molar-refractivity contribution >= 4 is 29.3 Å². The largest absolute Gasteiger partial charge is 0.454 e. The number of hydrogen-bond donors (Lipinski definition) is 0. The monoisotopic (exact) mass is 489 g/mol. The fourth-order valence-electron chi connectivity index (χ4n) is 4.32. The summed E-state index contributed by atoms with van der Waals surface area (Å²) in [6.07, 6.45) is 0. The quantitative estimate of drug-likeness (QED) is 0.194. The number of nitrogens with zero attached hydrogens (tertiary/aromatic N) is 1. The Kier molecular flexibility index (Phi) is 6.24. The van der Waals surface area contributed by atoms with Gasteiger partial charge in [-0.1, -0.05) is 66.7 Å². The lowest BCUT2D eigenvalue weighted by molar-refractivity contribution is 0.0474. The molecule has 0 aromatic heterocycles. The summed E-state index contributed by atoms with van der Waals surface area (Å²) in [5.41, 5.74) is 5.09. The molecular formula is C31H23NO5. The number of fused-ring (bicyclic) bond motifs is 1. The second-order valence-corrected chi connectivity index (χ2v) is 8.94. The van der Waals surface area contributed by atoms with Crippen LogP contribution in [0.5, 0.6) is 0 Å². The van der Waals surface area contributed by atoms with Crippen LogP contribution in [0, 0.1) is 13.8 Å². The number of ketones is 1. The standard InChI is InChI=1S/C31H23NO5/c1-19-8-9-20(2)27(16-19)32-29(34)25-15-14-24(17-26(25)30(32)35)31(36)37-18-28(33)23-12-10-22(11-13-23)21-6-4-3-5-7-21/h3-17H,18H2,1-2H3. The first-order chi connectivity index (χ1) is 17.8. The zero-order chi connectivity index (χ0) is 26.1. The highest BCUT2D eigenvalue weighted by molar-refractivity contribution is 6.35. The maximum Gasteiger partial charge on any atom is 0.338 e. The Hall–Kier alpha value is -4.84. The van der Waals surface area contributed by atoms with E-state index in [0.29, 0.717) is 11.3 Å². The Morgan fingerprint density at radius 1 is 0.703 bits per heavy atom. The van der Waals surface area contributed by atoms with Crippen LogP contribution >= 0.6 is 0 Å². The zero-order valence-corrected chi connectivity index (χ0v) is 20.4. The molecule has 0 saturated heterocycles. The van der Waals surface area contributed by atoms with Crippen LogP contribution in [-0.4, -0.2) is 30.2 Å². The van der Waals surface area contributed by atoms with Crippen LogP contribution in [-0.2, 0) is 4.74 Å². The number of carbonyl (C=O) groups excluding carboxylic acids is 4. The third kappa shape index (κ3) is 4.57. The highest BCUT2D eigenvalue weighted by atomic mass is 16.5. The highest BCUT2D eigenvalue weighted by Gasteiger charge is 2.38. The molecule has 0 atom stereocenters. The molecule has 0 spiro atoms. The van der Waals surface area contributed by atoms with Crippen molar-refractivity contribution in [2.24, 2.45) is 0 Å². The molecule has 0 N–H and O–H groups in total. The first-order valence-corrected chi connectivity index (χ1v) is 11.8. The maximum absolute atomic E-state index is 13.1. The fourth-order valence-corrected chi connectivity index (χ4v) is 4.32. The first-order valence-electron chi connectivity index (χ1n) is 11.8. The summed E-state index contributed by atoms with van der Waals surface area (Å²) in [7, 11) is 0. The molecule has 182 valence electrons. The highest BCUT2D eigenvalue weighted by Crippen LogP contribution is 2.32. The summed E-state index contributed by atoms with van der Waals surface area (Å²) in [4.78, 5) is 52.5. The average Bonchev–Trinajstić information content (AvgIpc) is 3.18. The number of hydrogen-bond acceptors (Lipinski definition) is 5. The molecule has 6 nitrogen and oxygen atoms in total. The van der Waals surface area contributed by atoms with Crippen LogP contribution in [0.2, 0.25) is 0 Å². The van der Waals surface area contributed by atoms with E-state index in [2.05, 4.69) is 0 Å². The van der Waals surface area contributed by atoms with Gasteiger partial charge in [0.15, 0.2) is 12.4 Å². The first kappa shape index (κ1) is 23.9. The van der Waals surface area contributed by atoms with Crippen LogP contribution in [0.15, 0.2) is 91.0 Å². The number of aryl methyl sites for hydroxylation is 2. The van der Waals surface area contributed by atoms with Gasteiger partial charge in [-0.05, 0) is 60.4 Å². The topological polar surface area (TPSA) is 80.8 Å². The molecule has 6 heteroatoms. The summed E-state index contributed by atoms with van der Waals surface area (Å²) in [6.45, 7) is 3.27. The number of amides is 2. The summed E-state index contributed by atoms with van der Waals surface area (Å²) < 4.78 is 5.23. The van der Waals surface area contributed by atoms with Gasteiger partial charge in [0.2, 0.25) is 0 Å². The van der Waals surface area contributed by atoms with E-state index in [1.807, 2.05) is 68.4 Å². The lowest BCUT2D eigenvalue weighted by Crippen LogP contribution is -2.30. The second kappa shape index (κ2) is 9.66. The van der Waals surface area contributed by atoms with Gasteiger partial charge in [0.25, 0.3) is 11.8 Å². The minimum atomic E-state index is -0.748. The van der Waals surface area contributed by atoms with E-state index in [4.69, 9.17) is 4.74 Å². The van der Waals surface area contributed by atoms with Crippen LogP contribution < -0.4 is 4.90 Å². The third-order valence-corrected chi connectivity index (χ3v) is 6.38. The van der Waals surface area contributed by atoms with Crippen molar-refractivity contribution in [3.63, 3.8) is 0 Å². The van der Waals surface area contributed by atoms with Crippen molar-refractivity contribution in [2.45, 2.75) is 13.8 Å². The Morgan fingerprint density at radius 2 is 1.35 bits per heavy atom. The van der Waals surface area contributed by atoms with Crippen LogP contribution in [0.1, 0.15) is 52.6 Å². The van der Waals surface area contributed by atoms with Gasteiger partial charge in [0.05, 0.1) is 22.4 Å². The van der Waals surface area contributed by atoms with Gasteiger partial charge in [0.1, 0.15) is 0 Å². The molecule has 1 aliphatic heterocycles. The molecule has 5 rings (SSSR count). The smallest absolute Gasteiger partial charge is 0.338 e. The van der Waals surface area contributed by atoms with Gasteiger partial charge in [-0.2, -0.15) is 0 Å². The average molecular weight is 490 g/mol. The number of anilines is 1.